The predicted molar refractivity (Wildman–Crippen MR) is 168 cm³/mol. The zero-order chi connectivity index (χ0) is 31.7. The minimum Gasteiger partial charge on any atom is -0.490 e. The number of rotatable bonds is 8. The first-order valence-corrected chi connectivity index (χ1v) is 17.1. The standard InChI is InChI=1S/C30H46N4O7S2/c1-20(2)31-30(37)33(6)18-27-21(3)17-34(22(4)19-35)29(36)25-16-24(32-43(38,39)28-11-9-15-42-28)12-13-26(25)41-23(5)10-7-8-14-40-27/h9,11-13,15-16,20-23,27,32,35H,7-8,10,14,17-19H2,1-6H3,(H,31,37)/t21-,22+,23+,27-/m0/s1. The van der Waals surface area contributed by atoms with Gasteiger partial charge in [-0.2, -0.15) is 0 Å². The van der Waals surface area contributed by atoms with E-state index < -0.39 is 22.0 Å². The lowest BCUT2D eigenvalue weighted by Gasteiger charge is -2.36. The Morgan fingerprint density at radius 1 is 1.21 bits per heavy atom. The van der Waals surface area contributed by atoms with Crippen LogP contribution in [-0.4, -0.2) is 92.9 Å². The Labute approximate surface area is 259 Å². The van der Waals surface area contributed by atoms with Crippen LogP contribution in [0.3, 0.4) is 0 Å². The van der Waals surface area contributed by atoms with Crippen molar-refractivity contribution in [3.8, 4) is 5.75 Å². The molecule has 43 heavy (non-hydrogen) atoms. The van der Waals surface area contributed by atoms with Gasteiger partial charge in [-0.1, -0.05) is 13.0 Å². The Kier molecular flexibility index (Phi) is 12.7. The van der Waals surface area contributed by atoms with Crippen LogP contribution in [0.15, 0.2) is 39.9 Å². The quantitative estimate of drug-likeness (QED) is 0.390. The molecule has 1 aromatic heterocycles. The topological polar surface area (TPSA) is 138 Å². The third-order valence-corrected chi connectivity index (χ3v) is 10.1. The molecule has 0 fully saturated rings. The van der Waals surface area contributed by atoms with Gasteiger partial charge in [0.05, 0.1) is 30.4 Å². The largest absolute Gasteiger partial charge is 0.490 e. The second-order valence-corrected chi connectivity index (χ2v) is 14.4. The molecular weight excluding hydrogens is 592 g/mol. The predicted octanol–water partition coefficient (Wildman–Crippen LogP) is 4.39. The van der Waals surface area contributed by atoms with Crippen LogP contribution in [0.2, 0.25) is 0 Å². The lowest BCUT2D eigenvalue weighted by atomic mass is 10.0. The minimum absolute atomic E-state index is 0.0141. The van der Waals surface area contributed by atoms with E-state index in [9.17, 15) is 23.1 Å². The van der Waals surface area contributed by atoms with Crippen LogP contribution in [-0.2, 0) is 14.8 Å². The number of ether oxygens (including phenoxy) is 2. The van der Waals surface area contributed by atoms with Gasteiger partial charge in [-0.05, 0) is 76.6 Å². The molecule has 1 aliphatic rings. The van der Waals surface area contributed by atoms with Gasteiger partial charge in [0.15, 0.2) is 0 Å². The SMILES string of the molecule is CC(C)NC(=O)N(C)C[C@@H]1OCCCC[C@@H](C)Oc2ccc(NS(=O)(=O)c3cccs3)cc2C(=O)N([C@H](C)CO)C[C@@H]1C. The summed E-state index contributed by atoms with van der Waals surface area (Å²) in [5, 5.41) is 14.7. The summed E-state index contributed by atoms with van der Waals surface area (Å²) >= 11 is 1.10. The van der Waals surface area contributed by atoms with Gasteiger partial charge in [0.1, 0.15) is 9.96 Å². The summed E-state index contributed by atoms with van der Waals surface area (Å²) in [6, 6.07) is 7.07. The fraction of sp³-hybridized carbons (Fsp3) is 0.600. The van der Waals surface area contributed by atoms with Gasteiger partial charge in [0, 0.05) is 44.4 Å². The van der Waals surface area contributed by atoms with E-state index in [1.807, 2.05) is 27.7 Å². The maximum Gasteiger partial charge on any atom is 0.317 e. The van der Waals surface area contributed by atoms with E-state index in [-0.39, 0.29) is 58.8 Å². The highest BCUT2D eigenvalue weighted by atomic mass is 32.2. The van der Waals surface area contributed by atoms with Crippen molar-refractivity contribution < 1.29 is 32.6 Å². The van der Waals surface area contributed by atoms with E-state index in [1.54, 1.807) is 47.4 Å². The number of sulfonamides is 1. The number of nitrogens with zero attached hydrogens (tertiary/aromatic N) is 2. The molecule has 0 radical (unpaired) electrons. The molecule has 1 aliphatic heterocycles. The molecule has 3 N–H and O–H groups in total. The number of carbonyl (C=O) groups is 2. The molecule has 0 saturated heterocycles. The number of anilines is 1. The van der Waals surface area contributed by atoms with Gasteiger partial charge in [0.2, 0.25) is 0 Å². The van der Waals surface area contributed by atoms with Crippen LogP contribution < -0.4 is 14.8 Å². The van der Waals surface area contributed by atoms with E-state index >= 15 is 0 Å². The van der Waals surface area contributed by atoms with Crippen LogP contribution >= 0.6 is 11.3 Å². The number of fused-ring (bicyclic) bond motifs is 1. The number of aliphatic hydroxyl groups is 1. The van der Waals surface area contributed by atoms with Gasteiger partial charge < -0.3 is 29.7 Å². The first-order valence-electron chi connectivity index (χ1n) is 14.7. The molecule has 1 aromatic carbocycles. The van der Waals surface area contributed by atoms with Crippen LogP contribution in [0, 0.1) is 5.92 Å². The van der Waals surface area contributed by atoms with Crippen molar-refractivity contribution in [2.45, 2.75) is 82.4 Å². The Balaban J connectivity index is 1.97. The van der Waals surface area contributed by atoms with Crippen molar-refractivity contribution in [2.24, 2.45) is 5.92 Å². The second-order valence-electron chi connectivity index (χ2n) is 11.5. The van der Waals surface area contributed by atoms with Crippen LogP contribution in [0.25, 0.3) is 0 Å². The van der Waals surface area contributed by atoms with Gasteiger partial charge in [-0.25, -0.2) is 13.2 Å². The fourth-order valence-electron chi connectivity index (χ4n) is 4.78. The smallest absolute Gasteiger partial charge is 0.317 e. The number of nitrogens with one attached hydrogen (secondary N) is 2. The number of hydrogen-bond donors (Lipinski definition) is 3. The molecule has 4 atom stereocenters. The van der Waals surface area contributed by atoms with Crippen molar-refractivity contribution in [1.82, 2.24) is 15.1 Å². The summed E-state index contributed by atoms with van der Waals surface area (Å²) < 4.78 is 41.1. The monoisotopic (exact) mass is 638 g/mol. The van der Waals surface area contributed by atoms with Crippen LogP contribution in [0.1, 0.15) is 64.2 Å². The molecule has 0 aliphatic carbocycles. The number of amides is 3. The summed E-state index contributed by atoms with van der Waals surface area (Å²) in [6.45, 7) is 10.2. The van der Waals surface area contributed by atoms with Crippen molar-refractivity contribution in [1.29, 1.82) is 0 Å². The van der Waals surface area contributed by atoms with Gasteiger partial charge >= 0.3 is 6.03 Å². The number of thiophene rings is 1. The molecule has 2 aromatic rings. The average molecular weight is 639 g/mol. The third-order valence-electron chi connectivity index (χ3n) is 7.28. The van der Waals surface area contributed by atoms with E-state index in [1.165, 1.54) is 12.1 Å². The fourth-order valence-corrected chi connectivity index (χ4v) is 6.82. The summed E-state index contributed by atoms with van der Waals surface area (Å²) in [6.07, 6.45) is 1.76. The Morgan fingerprint density at radius 2 is 1.95 bits per heavy atom. The minimum atomic E-state index is -3.84. The summed E-state index contributed by atoms with van der Waals surface area (Å²) in [5.74, 6) is -0.275. The third kappa shape index (κ3) is 9.82. The number of carbonyl (C=O) groups excluding carboxylic acids is 2. The molecule has 0 spiro atoms. The molecule has 0 saturated carbocycles. The summed E-state index contributed by atoms with van der Waals surface area (Å²) in [4.78, 5) is 30.0. The van der Waals surface area contributed by atoms with Crippen molar-refractivity contribution >= 4 is 39.0 Å². The number of benzene rings is 1. The molecule has 0 bridgehead atoms. The first kappa shape index (κ1) is 34.6. The maximum absolute atomic E-state index is 14.2. The number of aliphatic hydroxyl groups excluding tert-OH is 1. The zero-order valence-corrected chi connectivity index (χ0v) is 27.5. The molecule has 11 nitrogen and oxygen atoms in total. The van der Waals surface area contributed by atoms with Gasteiger partial charge in [-0.3, -0.25) is 9.52 Å². The molecule has 3 rings (SSSR count). The van der Waals surface area contributed by atoms with E-state index in [2.05, 4.69) is 10.0 Å². The van der Waals surface area contributed by atoms with Crippen molar-refractivity contribution in [3.05, 3.63) is 41.3 Å². The van der Waals surface area contributed by atoms with E-state index in [0.29, 0.717) is 18.9 Å². The van der Waals surface area contributed by atoms with Crippen LogP contribution in [0.4, 0.5) is 10.5 Å². The molecule has 13 heteroatoms. The Bertz CT molecular complexity index is 1300. The Morgan fingerprint density at radius 3 is 2.60 bits per heavy atom. The molecule has 0 unspecified atom stereocenters. The lowest BCUT2D eigenvalue weighted by molar-refractivity contribution is -0.0122. The zero-order valence-electron chi connectivity index (χ0n) is 25.9. The van der Waals surface area contributed by atoms with Crippen LogP contribution in [0.5, 0.6) is 5.75 Å². The normalized spacial score (nSPS) is 21.3. The van der Waals surface area contributed by atoms with Crippen molar-refractivity contribution in [3.63, 3.8) is 0 Å². The summed E-state index contributed by atoms with van der Waals surface area (Å²) in [5.41, 5.74) is 0.412. The molecule has 3 amide bonds. The lowest BCUT2D eigenvalue weighted by Crippen LogP contribution is -2.49. The maximum atomic E-state index is 14.2. The highest BCUT2D eigenvalue weighted by molar-refractivity contribution is 7.94. The van der Waals surface area contributed by atoms with Gasteiger partial charge in [-0.15, -0.1) is 11.3 Å². The average Bonchev–Trinajstić information content (AvgIpc) is 3.50. The Hall–Kier alpha value is -2.87. The van der Waals surface area contributed by atoms with E-state index in [4.69, 9.17) is 9.47 Å². The van der Waals surface area contributed by atoms with Gasteiger partial charge in [0.25, 0.3) is 15.9 Å². The van der Waals surface area contributed by atoms with Crippen molar-refractivity contribution in [2.75, 3.05) is 38.1 Å². The first-order chi connectivity index (χ1) is 20.3. The van der Waals surface area contributed by atoms with E-state index in [0.717, 1.165) is 30.6 Å². The number of hydrogen-bond acceptors (Lipinski definition) is 8. The highest BCUT2D eigenvalue weighted by Crippen LogP contribution is 2.30. The number of likely N-dealkylation sites (N-methyl/N-ethyl adjacent to an activating group) is 1. The molecule has 240 valence electrons. The molecule has 2 heterocycles. The number of urea groups is 1. The molecular formula is C30H46N4O7S2. The second kappa shape index (κ2) is 15.7. The summed E-state index contributed by atoms with van der Waals surface area (Å²) in [7, 11) is -2.13. The highest BCUT2D eigenvalue weighted by Gasteiger charge is 2.31.